The van der Waals surface area contributed by atoms with Gasteiger partial charge in [0.25, 0.3) is 5.91 Å². The molecule has 1 aliphatic carbocycles. The molecule has 2 aromatic rings. The van der Waals surface area contributed by atoms with Crippen molar-refractivity contribution in [2.45, 2.75) is 38.6 Å². The Bertz CT molecular complexity index is 891. The summed E-state index contributed by atoms with van der Waals surface area (Å²) >= 11 is 5.85. The van der Waals surface area contributed by atoms with E-state index in [-0.39, 0.29) is 28.7 Å². The van der Waals surface area contributed by atoms with E-state index in [1.165, 1.54) is 18.6 Å². The quantitative estimate of drug-likeness (QED) is 0.826. The molecule has 7 heteroatoms. The van der Waals surface area contributed by atoms with Crippen molar-refractivity contribution in [3.8, 4) is 0 Å². The van der Waals surface area contributed by atoms with Crippen molar-refractivity contribution in [3.05, 3.63) is 45.3 Å². The minimum absolute atomic E-state index is 0.110. The number of hydrogen-bond donors (Lipinski definition) is 1. The molecule has 1 fully saturated rings. The number of halogens is 1. The number of rotatable bonds is 4. The number of fused-ring (bicyclic) bond motifs is 1. The minimum atomic E-state index is -0.856. The lowest BCUT2D eigenvalue weighted by molar-refractivity contribution is -0.125. The van der Waals surface area contributed by atoms with Gasteiger partial charge in [0.2, 0.25) is 5.76 Å². The molecule has 138 valence electrons. The molecule has 0 saturated heterocycles. The first kappa shape index (κ1) is 18.5. The van der Waals surface area contributed by atoms with Gasteiger partial charge in [0.05, 0.1) is 5.39 Å². The van der Waals surface area contributed by atoms with Crippen molar-refractivity contribution in [1.82, 2.24) is 5.32 Å². The minimum Gasteiger partial charge on any atom is -0.450 e. The zero-order valence-electron chi connectivity index (χ0n) is 14.4. The van der Waals surface area contributed by atoms with Crippen LogP contribution in [0.1, 0.15) is 43.2 Å². The van der Waals surface area contributed by atoms with Gasteiger partial charge >= 0.3 is 5.97 Å². The molecule has 1 heterocycles. The second-order valence-corrected chi connectivity index (χ2v) is 7.06. The van der Waals surface area contributed by atoms with E-state index in [0.717, 1.165) is 25.3 Å². The molecule has 3 rings (SSSR count). The van der Waals surface area contributed by atoms with Crippen molar-refractivity contribution in [2.24, 2.45) is 5.92 Å². The molecule has 26 heavy (non-hydrogen) atoms. The third kappa shape index (κ3) is 4.25. The Morgan fingerprint density at radius 2 is 2.04 bits per heavy atom. The summed E-state index contributed by atoms with van der Waals surface area (Å²) in [5.74, 6) is -1.05. The SMILES string of the molecule is C[C@H]1CCCC[C@@H]1NC(=O)COC(=O)c1cc(=O)c2cc(Cl)ccc2o1. The molecule has 0 bridgehead atoms. The van der Waals surface area contributed by atoms with Gasteiger partial charge in [-0.2, -0.15) is 0 Å². The predicted octanol–water partition coefficient (Wildman–Crippen LogP) is 3.30. The second kappa shape index (κ2) is 7.91. The highest BCUT2D eigenvalue weighted by molar-refractivity contribution is 6.31. The maximum Gasteiger partial charge on any atom is 0.374 e. The molecule has 0 aliphatic heterocycles. The van der Waals surface area contributed by atoms with Crippen LogP contribution in [0.5, 0.6) is 0 Å². The fourth-order valence-electron chi connectivity index (χ4n) is 3.21. The van der Waals surface area contributed by atoms with Gasteiger partial charge in [0, 0.05) is 17.1 Å². The number of hydrogen-bond acceptors (Lipinski definition) is 5. The molecule has 1 N–H and O–H groups in total. The molecule has 1 aromatic heterocycles. The average molecular weight is 378 g/mol. The van der Waals surface area contributed by atoms with Crippen molar-refractivity contribution < 1.29 is 18.7 Å². The lowest BCUT2D eigenvalue weighted by Gasteiger charge is -2.29. The summed E-state index contributed by atoms with van der Waals surface area (Å²) in [6.45, 7) is 1.69. The zero-order valence-corrected chi connectivity index (χ0v) is 15.2. The van der Waals surface area contributed by atoms with Crippen molar-refractivity contribution >= 4 is 34.4 Å². The Kier molecular flexibility index (Phi) is 5.61. The first-order chi connectivity index (χ1) is 12.4. The van der Waals surface area contributed by atoms with Crippen LogP contribution in [0.2, 0.25) is 5.02 Å². The Balaban J connectivity index is 1.63. The van der Waals surface area contributed by atoms with Crippen LogP contribution in [-0.2, 0) is 9.53 Å². The van der Waals surface area contributed by atoms with Crippen molar-refractivity contribution in [3.63, 3.8) is 0 Å². The number of ether oxygens (including phenoxy) is 1. The molecule has 0 spiro atoms. The Hall–Kier alpha value is -2.34. The highest BCUT2D eigenvalue weighted by Gasteiger charge is 2.23. The van der Waals surface area contributed by atoms with E-state index in [2.05, 4.69) is 12.2 Å². The standard InChI is InChI=1S/C19H20ClNO5/c1-11-4-2-3-5-14(11)21-18(23)10-25-19(24)17-9-15(22)13-8-12(20)6-7-16(13)26-17/h6-9,11,14H,2-5,10H2,1H3,(H,21,23)/t11-,14-/m0/s1. The van der Waals surface area contributed by atoms with Crippen LogP contribution >= 0.6 is 11.6 Å². The fraction of sp³-hybridized carbons (Fsp3) is 0.421. The summed E-state index contributed by atoms with van der Waals surface area (Å²) in [6, 6.07) is 5.69. The molecule has 1 aromatic carbocycles. The maximum atomic E-state index is 12.1. The van der Waals surface area contributed by atoms with E-state index < -0.39 is 18.0 Å². The van der Waals surface area contributed by atoms with Gasteiger partial charge in [-0.15, -0.1) is 0 Å². The van der Waals surface area contributed by atoms with Crippen LogP contribution in [0, 0.1) is 5.92 Å². The number of carbonyl (C=O) groups excluding carboxylic acids is 2. The number of carbonyl (C=O) groups is 2. The molecule has 1 aliphatic rings. The molecule has 1 saturated carbocycles. The number of nitrogens with one attached hydrogen (secondary N) is 1. The molecule has 0 unspecified atom stereocenters. The van der Waals surface area contributed by atoms with E-state index >= 15 is 0 Å². The molecule has 0 radical (unpaired) electrons. The maximum absolute atomic E-state index is 12.1. The number of benzene rings is 1. The lowest BCUT2D eigenvalue weighted by atomic mass is 9.86. The first-order valence-corrected chi connectivity index (χ1v) is 9.02. The second-order valence-electron chi connectivity index (χ2n) is 6.63. The van der Waals surface area contributed by atoms with Gasteiger partial charge < -0.3 is 14.5 Å². The Morgan fingerprint density at radius 3 is 2.81 bits per heavy atom. The molecule has 6 nitrogen and oxygen atoms in total. The predicted molar refractivity (Wildman–Crippen MR) is 97.3 cm³/mol. The highest BCUT2D eigenvalue weighted by Crippen LogP contribution is 2.23. The number of amides is 1. The van der Waals surface area contributed by atoms with E-state index in [0.29, 0.717) is 10.9 Å². The van der Waals surface area contributed by atoms with E-state index in [1.807, 2.05) is 0 Å². The number of esters is 1. The van der Waals surface area contributed by atoms with Gasteiger partial charge in [-0.05, 0) is 37.0 Å². The van der Waals surface area contributed by atoms with E-state index in [9.17, 15) is 14.4 Å². The Labute approximate surface area is 155 Å². The highest BCUT2D eigenvalue weighted by atomic mass is 35.5. The van der Waals surface area contributed by atoms with Crippen LogP contribution in [-0.4, -0.2) is 24.5 Å². The molecular formula is C19H20ClNO5. The fourth-order valence-corrected chi connectivity index (χ4v) is 3.38. The molecular weight excluding hydrogens is 358 g/mol. The van der Waals surface area contributed by atoms with Crippen LogP contribution in [0.3, 0.4) is 0 Å². The average Bonchev–Trinajstić information content (AvgIpc) is 2.62. The van der Waals surface area contributed by atoms with Crippen LogP contribution in [0.25, 0.3) is 11.0 Å². The normalized spacial score (nSPS) is 19.9. The van der Waals surface area contributed by atoms with Crippen molar-refractivity contribution in [2.75, 3.05) is 6.61 Å². The topological polar surface area (TPSA) is 85.6 Å². The van der Waals surface area contributed by atoms with Gasteiger partial charge in [-0.25, -0.2) is 4.79 Å². The van der Waals surface area contributed by atoms with E-state index in [4.69, 9.17) is 20.8 Å². The Morgan fingerprint density at radius 1 is 1.27 bits per heavy atom. The smallest absolute Gasteiger partial charge is 0.374 e. The first-order valence-electron chi connectivity index (χ1n) is 8.64. The summed E-state index contributed by atoms with van der Waals surface area (Å²) < 4.78 is 10.4. The van der Waals surface area contributed by atoms with Crippen LogP contribution < -0.4 is 10.7 Å². The summed E-state index contributed by atoms with van der Waals surface area (Å²) in [4.78, 5) is 36.2. The summed E-state index contributed by atoms with van der Waals surface area (Å²) in [5.41, 5.74) is -0.171. The van der Waals surface area contributed by atoms with Gasteiger partial charge in [-0.3, -0.25) is 9.59 Å². The summed E-state index contributed by atoms with van der Waals surface area (Å²) in [6.07, 6.45) is 4.27. The van der Waals surface area contributed by atoms with Gasteiger partial charge in [0.15, 0.2) is 12.0 Å². The van der Waals surface area contributed by atoms with E-state index in [1.54, 1.807) is 6.07 Å². The summed E-state index contributed by atoms with van der Waals surface area (Å²) in [7, 11) is 0. The van der Waals surface area contributed by atoms with Gasteiger partial charge in [-0.1, -0.05) is 31.4 Å². The lowest BCUT2D eigenvalue weighted by Crippen LogP contribution is -2.42. The van der Waals surface area contributed by atoms with Gasteiger partial charge in [0.1, 0.15) is 5.58 Å². The monoisotopic (exact) mass is 377 g/mol. The van der Waals surface area contributed by atoms with Crippen molar-refractivity contribution in [1.29, 1.82) is 0 Å². The zero-order chi connectivity index (χ0) is 18.7. The summed E-state index contributed by atoms with van der Waals surface area (Å²) in [5, 5.41) is 3.57. The largest absolute Gasteiger partial charge is 0.450 e. The third-order valence-electron chi connectivity index (χ3n) is 4.68. The van der Waals surface area contributed by atoms with Crippen LogP contribution in [0.15, 0.2) is 33.5 Å². The molecule has 1 amide bonds. The third-order valence-corrected chi connectivity index (χ3v) is 4.92. The molecule has 2 atom stereocenters. The van der Waals surface area contributed by atoms with Crippen LogP contribution in [0.4, 0.5) is 0 Å².